The number of nitrogens with zero attached hydrogens (tertiary/aromatic N) is 3. The topological polar surface area (TPSA) is 91.4 Å². The smallest absolute Gasteiger partial charge is 0.414 e. The molecule has 2 atom stereocenters. The van der Waals surface area contributed by atoms with Gasteiger partial charge in [0.05, 0.1) is 29.5 Å². The molecule has 0 aromatic heterocycles. The zero-order valence-corrected chi connectivity index (χ0v) is 20.5. The molecule has 2 amide bonds. The van der Waals surface area contributed by atoms with Crippen LogP contribution in [0.15, 0.2) is 18.2 Å². The van der Waals surface area contributed by atoms with Crippen molar-refractivity contribution in [3.63, 3.8) is 0 Å². The molecule has 2 saturated heterocycles. The lowest BCUT2D eigenvalue weighted by atomic mass is 10.1. The Kier molecular flexibility index (Phi) is 8.65. The number of thiocarbonyl (C=S) groups is 1. The first-order chi connectivity index (χ1) is 16.2. The van der Waals surface area contributed by atoms with Gasteiger partial charge in [-0.3, -0.25) is 14.5 Å². The van der Waals surface area contributed by atoms with Crippen molar-refractivity contribution in [3.8, 4) is 0 Å². The Hall–Kier alpha value is -2.95. The maximum absolute atomic E-state index is 15.0. The van der Waals surface area contributed by atoms with Crippen molar-refractivity contribution in [2.45, 2.75) is 33.3 Å². The third-order valence-corrected chi connectivity index (χ3v) is 6.60. The van der Waals surface area contributed by atoms with Gasteiger partial charge in [0.2, 0.25) is 0 Å². The molecule has 9 nitrogen and oxygen atoms in total. The van der Waals surface area contributed by atoms with Crippen LogP contribution >= 0.6 is 12.2 Å². The minimum Gasteiger partial charge on any atom is -0.456 e. The number of benzene rings is 1. The van der Waals surface area contributed by atoms with Crippen molar-refractivity contribution < 1.29 is 28.2 Å². The number of esters is 1. The number of carbonyl (C=O) groups is 3. The van der Waals surface area contributed by atoms with Crippen molar-refractivity contribution in [2.75, 3.05) is 55.7 Å². The Morgan fingerprint density at radius 1 is 1.29 bits per heavy atom. The number of cyclic esters (lactones) is 1. The van der Waals surface area contributed by atoms with E-state index in [1.807, 2.05) is 11.8 Å². The summed E-state index contributed by atoms with van der Waals surface area (Å²) in [6.07, 6.45) is 0.0244. The summed E-state index contributed by atoms with van der Waals surface area (Å²) < 4.78 is 25.1. The molecule has 11 heteroatoms. The first kappa shape index (κ1) is 25.7. The average Bonchev–Trinajstić information content (AvgIpc) is 3.20. The van der Waals surface area contributed by atoms with Gasteiger partial charge in [0.1, 0.15) is 11.9 Å². The summed E-state index contributed by atoms with van der Waals surface area (Å²) in [5.74, 6) is -0.983. The van der Waals surface area contributed by atoms with Crippen LogP contribution in [0.25, 0.3) is 0 Å². The lowest BCUT2D eigenvalue weighted by molar-refractivity contribution is -0.150. The maximum Gasteiger partial charge on any atom is 0.414 e. The van der Waals surface area contributed by atoms with E-state index in [0.717, 1.165) is 11.4 Å². The third kappa shape index (κ3) is 6.34. The van der Waals surface area contributed by atoms with E-state index in [2.05, 4.69) is 12.2 Å². The van der Waals surface area contributed by atoms with Gasteiger partial charge in [0.25, 0.3) is 5.91 Å². The summed E-state index contributed by atoms with van der Waals surface area (Å²) in [7, 11) is 0. The van der Waals surface area contributed by atoms with E-state index in [1.165, 1.54) is 17.9 Å². The number of amides is 2. The molecule has 0 spiro atoms. The van der Waals surface area contributed by atoms with E-state index < -0.39 is 17.9 Å². The second-order valence-electron chi connectivity index (χ2n) is 8.45. The summed E-state index contributed by atoms with van der Waals surface area (Å²) in [6.45, 7) is 7.44. The van der Waals surface area contributed by atoms with E-state index in [4.69, 9.17) is 21.7 Å². The molecule has 0 bridgehead atoms. The van der Waals surface area contributed by atoms with Crippen molar-refractivity contribution >= 4 is 46.6 Å². The number of hydrogen-bond donors (Lipinski definition) is 1. The van der Waals surface area contributed by atoms with E-state index in [1.54, 1.807) is 17.0 Å². The van der Waals surface area contributed by atoms with E-state index in [9.17, 15) is 18.8 Å². The molecule has 34 heavy (non-hydrogen) atoms. The Morgan fingerprint density at radius 3 is 2.62 bits per heavy atom. The molecule has 2 aliphatic heterocycles. The number of rotatable bonds is 8. The summed E-state index contributed by atoms with van der Waals surface area (Å²) in [5, 5.41) is 3.15. The monoisotopic (exact) mass is 494 g/mol. The molecular weight excluding hydrogens is 463 g/mol. The first-order valence-electron chi connectivity index (χ1n) is 11.4. The van der Waals surface area contributed by atoms with Gasteiger partial charge in [-0.2, -0.15) is 0 Å². The summed E-state index contributed by atoms with van der Waals surface area (Å²) >= 11 is 5.34. The van der Waals surface area contributed by atoms with Gasteiger partial charge < -0.3 is 24.6 Å². The van der Waals surface area contributed by atoms with Crippen molar-refractivity contribution in [3.05, 3.63) is 24.0 Å². The van der Waals surface area contributed by atoms with Crippen LogP contribution in [-0.4, -0.2) is 79.8 Å². The molecule has 0 aliphatic carbocycles. The van der Waals surface area contributed by atoms with Gasteiger partial charge >= 0.3 is 12.1 Å². The fraction of sp³-hybridized carbons (Fsp3) is 0.565. The molecule has 0 radical (unpaired) electrons. The summed E-state index contributed by atoms with van der Waals surface area (Å²) in [5.41, 5.74) is 0.828. The van der Waals surface area contributed by atoms with Crippen LogP contribution in [0.1, 0.15) is 27.2 Å². The molecule has 1 aromatic rings. The second-order valence-corrected chi connectivity index (χ2v) is 8.89. The van der Waals surface area contributed by atoms with Crippen molar-refractivity contribution in [1.82, 2.24) is 10.2 Å². The molecule has 1 N–H and O–H groups in total. The minimum atomic E-state index is -0.520. The van der Waals surface area contributed by atoms with Crippen LogP contribution in [0, 0.1) is 11.7 Å². The highest BCUT2D eigenvalue weighted by atomic mass is 32.1. The predicted octanol–water partition coefficient (Wildman–Crippen LogP) is 2.33. The highest BCUT2D eigenvalue weighted by Crippen LogP contribution is 2.28. The van der Waals surface area contributed by atoms with Gasteiger partial charge in [-0.25, -0.2) is 9.18 Å². The fourth-order valence-electron chi connectivity index (χ4n) is 3.78. The van der Waals surface area contributed by atoms with Crippen LogP contribution in [0.4, 0.5) is 20.6 Å². The quantitative estimate of drug-likeness (QED) is 0.435. The molecule has 2 heterocycles. The van der Waals surface area contributed by atoms with Gasteiger partial charge in [0.15, 0.2) is 6.61 Å². The Labute approximate surface area is 204 Å². The highest BCUT2D eigenvalue weighted by molar-refractivity contribution is 7.80. The second kappa shape index (κ2) is 11.5. The molecule has 3 rings (SSSR count). The molecule has 1 aromatic carbocycles. The summed E-state index contributed by atoms with van der Waals surface area (Å²) in [4.78, 5) is 40.9. The minimum absolute atomic E-state index is 0.249. The van der Waals surface area contributed by atoms with Gasteiger partial charge in [-0.05, 0) is 24.6 Å². The molecule has 2 fully saturated rings. The van der Waals surface area contributed by atoms with Gasteiger partial charge in [-0.1, -0.05) is 26.1 Å². The molecule has 0 saturated carbocycles. The maximum atomic E-state index is 15.0. The number of piperazine rings is 1. The lowest BCUT2D eigenvalue weighted by Gasteiger charge is -2.36. The van der Waals surface area contributed by atoms with E-state index in [-0.39, 0.29) is 24.5 Å². The van der Waals surface area contributed by atoms with Crippen LogP contribution < -0.4 is 15.1 Å². The van der Waals surface area contributed by atoms with Crippen molar-refractivity contribution in [2.24, 2.45) is 5.92 Å². The zero-order chi connectivity index (χ0) is 24.8. The van der Waals surface area contributed by atoms with Gasteiger partial charge in [-0.15, -0.1) is 0 Å². The lowest BCUT2D eigenvalue weighted by Crippen LogP contribution is -2.50. The van der Waals surface area contributed by atoms with Gasteiger partial charge in [0, 0.05) is 39.0 Å². The fourth-order valence-corrected chi connectivity index (χ4v) is 4.03. The highest BCUT2D eigenvalue weighted by Gasteiger charge is 2.33. The van der Waals surface area contributed by atoms with Crippen LogP contribution in [0.5, 0.6) is 0 Å². The first-order valence-corrected chi connectivity index (χ1v) is 11.8. The standard InChI is InChI=1S/C23H31FN4O5S/c1-4-15(2)22(34)25-12-18-13-28(23(31)33-18)17-5-6-20(19(24)11-17)26-7-9-27(10-8-26)21(30)14-32-16(3)29/h5-6,11,15,18H,4,7-10,12-14H2,1-3H3,(H,25,34)/t15-,18?/m0/s1. The number of ether oxygens (including phenoxy) is 2. The SMILES string of the molecule is CC[C@H](C)C(=S)NCC1CN(c2ccc(N3CCN(C(=O)COC(C)=O)CC3)c(F)c2)C(=O)O1. The van der Waals surface area contributed by atoms with Crippen LogP contribution in [0.3, 0.4) is 0 Å². The molecule has 1 unspecified atom stereocenters. The summed E-state index contributed by atoms with van der Waals surface area (Å²) in [6, 6.07) is 4.66. The number of hydrogen-bond acceptors (Lipinski definition) is 7. The number of carbonyl (C=O) groups excluding carboxylic acids is 3. The molecule has 186 valence electrons. The van der Waals surface area contributed by atoms with Crippen LogP contribution in [0.2, 0.25) is 0 Å². The number of halogens is 1. The zero-order valence-electron chi connectivity index (χ0n) is 19.7. The largest absolute Gasteiger partial charge is 0.456 e. The van der Waals surface area contributed by atoms with Crippen LogP contribution in [-0.2, 0) is 19.1 Å². The van der Waals surface area contributed by atoms with E-state index >= 15 is 0 Å². The van der Waals surface area contributed by atoms with Crippen molar-refractivity contribution in [1.29, 1.82) is 0 Å². The normalized spacial score (nSPS) is 19.0. The Bertz CT molecular complexity index is 938. The average molecular weight is 495 g/mol. The predicted molar refractivity (Wildman–Crippen MR) is 129 cm³/mol. The third-order valence-electron chi connectivity index (χ3n) is 6.05. The Morgan fingerprint density at radius 2 is 2.00 bits per heavy atom. The van der Waals surface area contributed by atoms with E-state index in [0.29, 0.717) is 50.6 Å². The molecular formula is C23H31FN4O5S. The number of nitrogens with one attached hydrogen (secondary N) is 1. The Balaban J connectivity index is 1.55. The molecule has 2 aliphatic rings. The number of anilines is 2.